The molecule has 2 N–H and O–H groups in total. The fourth-order valence-corrected chi connectivity index (χ4v) is 0.967. The molecule has 0 amide bonds. The van der Waals surface area contributed by atoms with E-state index in [1.807, 2.05) is 13.1 Å². The molecule has 1 unspecified atom stereocenters. The summed E-state index contributed by atoms with van der Waals surface area (Å²) in [6, 6.07) is 1.84. The van der Waals surface area contributed by atoms with E-state index in [1.54, 1.807) is 19.3 Å². The van der Waals surface area contributed by atoms with E-state index >= 15 is 0 Å². The summed E-state index contributed by atoms with van der Waals surface area (Å²) in [4.78, 5) is 3.91. The van der Waals surface area contributed by atoms with Gasteiger partial charge in [0.05, 0.1) is 6.10 Å². The zero-order valence-electron chi connectivity index (χ0n) is 6.70. The van der Waals surface area contributed by atoms with E-state index in [0.717, 1.165) is 11.3 Å². The maximum Gasteiger partial charge on any atom is 0.0797 e. The van der Waals surface area contributed by atoms with Gasteiger partial charge in [-0.3, -0.25) is 4.98 Å². The number of anilines is 1. The van der Waals surface area contributed by atoms with Gasteiger partial charge in [0.15, 0.2) is 0 Å². The van der Waals surface area contributed by atoms with Crippen LogP contribution in [0.1, 0.15) is 18.6 Å². The number of aliphatic hydroxyl groups is 1. The zero-order chi connectivity index (χ0) is 8.27. The van der Waals surface area contributed by atoms with Crippen molar-refractivity contribution in [2.24, 2.45) is 0 Å². The Bertz CT molecular complexity index is 235. The van der Waals surface area contributed by atoms with Crippen molar-refractivity contribution in [2.75, 3.05) is 12.4 Å². The number of aromatic nitrogens is 1. The minimum Gasteiger partial charge on any atom is -0.389 e. The Kier molecular flexibility index (Phi) is 2.44. The number of hydrogen-bond acceptors (Lipinski definition) is 3. The molecule has 1 aromatic rings. The van der Waals surface area contributed by atoms with Crippen molar-refractivity contribution in [3.8, 4) is 0 Å². The Labute approximate surface area is 66.1 Å². The zero-order valence-corrected chi connectivity index (χ0v) is 6.70. The molecule has 1 heterocycles. The predicted molar refractivity (Wildman–Crippen MR) is 44.4 cm³/mol. The highest BCUT2D eigenvalue weighted by Crippen LogP contribution is 2.19. The number of hydrogen-bond donors (Lipinski definition) is 2. The van der Waals surface area contributed by atoms with Gasteiger partial charge in [0.1, 0.15) is 0 Å². The third-order valence-corrected chi connectivity index (χ3v) is 1.57. The normalized spacial score (nSPS) is 12.6. The first-order chi connectivity index (χ1) is 5.25. The van der Waals surface area contributed by atoms with E-state index < -0.39 is 6.10 Å². The summed E-state index contributed by atoms with van der Waals surface area (Å²) in [5, 5.41) is 12.2. The van der Waals surface area contributed by atoms with Gasteiger partial charge >= 0.3 is 0 Å². The van der Waals surface area contributed by atoms with Crippen LogP contribution < -0.4 is 5.32 Å². The molecule has 0 aliphatic heterocycles. The fraction of sp³-hybridized carbons (Fsp3) is 0.375. The molecule has 3 nitrogen and oxygen atoms in total. The lowest BCUT2D eigenvalue weighted by molar-refractivity contribution is 0.199. The molecule has 60 valence electrons. The molecule has 11 heavy (non-hydrogen) atoms. The third kappa shape index (κ3) is 1.68. The van der Waals surface area contributed by atoms with Gasteiger partial charge in [-0.15, -0.1) is 0 Å². The van der Waals surface area contributed by atoms with Crippen molar-refractivity contribution in [3.05, 3.63) is 24.0 Å². The SMILES string of the molecule is CNc1ccncc1C(C)O. The minimum atomic E-state index is -0.467. The van der Waals surface area contributed by atoms with Crippen molar-refractivity contribution in [1.29, 1.82) is 0 Å². The van der Waals surface area contributed by atoms with E-state index in [1.165, 1.54) is 0 Å². The van der Waals surface area contributed by atoms with Crippen molar-refractivity contribution in [2.45, 2.75) is 13.0 Å². The highest BCUT2D eigenvalue weighted by atomic mass is 16.3. The van der Waals surface area contributed by atoms with Gasteiger partial charge in [-0.05, 0) is 13.0 Å². The van der Waals surface area contributed by atoms with Crippen molar-refractivity contribution in [3.63, 3.8) is 0 Å². The van der Waals surface area contributed by atoms with E-state index in [2.05, 4.69) is 10.3 Å². The van der Waals surface area contributed by atoms with Gasteiger partial charge in [0.25, 0.3) is 0 Å². The Morgan fingerprint density at radius 2 is 2.36 bits per heavy atom. The molecule has 0 saturated carbocycles. The molecular weight excluding hydrogens is 140 g/mol. The van der Waals surface area contributed by atoms with Gasteiger partial charge in [-0.25, -0.2) is 0 Å². The number of aliphatic hydroxyl groups excluding tert-OH is 1. The number of nitrogens with one attached hydrogen (secondary N) is 1. The summed E-state index contributed by atoms with van der Waals surface area (Å²) in [6.45, 7) is 1.72. The largest absolute Gasteiger partial charge is 0.389 e. The molecule has 0 spiro atoms. The lowest BCUT2D eigenvalue weighted by Gasteiger charge is -2.09. The van der Waals surface area contributed by atoms with Crippen LogP contribution in [0.15, 0.2) is 18.5 Å². The maximum atomic E-state index is 9.26. The van der Waals surface area contributed by atoms with Gasteiger partial charge in [0.2, 0.25) is 0 Å². The van der Waals surface area contributed by atoms with Crippen LogP contribution in [-0.4, -0.2) is 17.1 Å². The maximum absolute atomic E-state index is 9.26. The summed E-state index contributed by atoms with van der Waals surface area (Å²) >= 11 is 0. The highest BCUT2D eigenvalue weighted by molar-refractivity contribution is 5.49. The average Bonchev–Trinajstić information content (AvgIpc) is 2.04. The number of rotatable bonds is 2. The van der Waals surface area contributed by atoms with Crippen molar-refractivity contribution >= 4 is 5.69 Å². The van der Waals surface area contributed by atoms with Crippen LogP contribution in [0.5, 0.6) is 0 Å². The standard InChI is InChI=1S/C8H12N2O/c1-6(11)7-5-10-4-3-8(7)9-2/h3-6,11H,1-2H3,(H,9,10). The molecule has 0 aliphatic carbocycles. The average molecular weight is 152 g/mol. The van der Waals surface area contributed by atoms with Crippen LogP contribution in [0.4, 0.5) is 5.69 Å². The molecular formula is C8H12N2O. The van der Waals surface area contributed by atoms with E-state index in [0.29, 0.717) is 0 Å². The Hall–Kier alpha value is -1.09. The monoisotopic (exact) mass is 152 g/mol. The van der Waals surface area contributed by atoms with Crippen LogP contribution >= 0.6 is 0 Å². The molecule has 0 bridgehead atoms. The molecule has 0 radical (unpaired) electrons. The minimum absolute atomic E-state index is 0.467. The van der Waals surface area contributed by atoms with Crippen LogP contribution in [0.3, 0.4) is 0 Å². The number of pyridine rings is 1. The smallest absolute Gasteiger partial charge is 0.0797 e. The van der Waals surface area contributed by atoms with E-state index in [-0.39, 0.29) is 0 Å². The molecule has 1 aromatic heterocycles. The van der Waals surface area contributed by atoms with Crippen LogP contribution in [0.25, 0.3) is 0 Å². The van der Waals surface area contributed by atoms with E-state index in [4.69, 9.17) is 0 Å². The van der Waals surface area contributed by atoms with Gasteiger partial charge in [0, 0.05) is 30.7 Å². The second-order valence-corrected chi connectivity index (χ2v) is 2.39. The number of nitrogens with zero attached hydrogens (tertiary/aromatic N) is 1. The highest BCUT2D eigenvalue weighted by Gasteiger charge is 2.04. The van der Waals surface area contributed by atoms with Crippen molar-refractivity contribution < 1.29 is 5.11 Å². The predicted octanol–water partition coefficient (Wildman–Crippen LogP) is 1.18. The quantitative estimate of drug-likeness (QED) is 0.668. The molecule has 0 fully saturated rings. The van der Waals surface area contributed by atoms with Crippen LogP contribution in [0, 0.1) is 0 Å². The summed E-state index contributed by atoms with van der Waals surface area (Å²) in [7, 11) is 1.82. The molecule has 3 heteroatoms. The summed E-state index contributed by atoms with van der Waals surface area (Å²) in [6.07, 6.45) is 2.89. The van der Waals surface area contributed by atoms with Gasteiger partial charge < -0.3 is 10.4 Å². The first-order valence-electron chi connectivity index (χ1n) is 3.55. The topological polar surface area (TPSA) is 45.2 Å². The fourth-order valence-electron chi connectivity index (χ4n) is 0.967. The third-order valence-electron chi connectivity index (χ3n) is 1.57. The Morgan fingerprint density at radius 1 is 1.64 bits per heavy atom. The first kappa shape index (κ1) is 8.01. The summed E-state index contributed by atoms with van der Waals surface area (Å²) < 4.78 is 0. The van der Waals surface area contributed by atoms with E-state index in [9.17, 15) is 5.11 Å². The molecule has 0 aliphatic rings. The van der Waals surface area contributed by atoms with Crippen LogP contribution in [0.2, 0.25) is 0 Å². The summed E-state index contributed by atoms with van der Waals surface area (Å²) in [5.74, 6) is 0. The lowest BCUT2D eigenvalue weighted by Crippen LogP contribution is -1.99. The Balaban J connectivity index is 3.02. The Morgan fingerprint density at radius 3 is 2.82 bits per heavy atom. The van der Waals surface area contributed by atoms with Crippen molar-refractivity contribution in [1.82, 2.24) is 4.98 Å². The molecule has 0 aromatic carbocycles. The first-order valence-corrected chi connectivity index (χ1v) is 3.55. The van der Waals surface area contributed by atoms with Gasteiger partial charge in [-0.1, -0.05) is 0 Å². The van der Waals surface area contributed by atoms with Crippen LogP contribution in [-0.2, 0) is 0 Å². The second-order valence-electron chi connectivity index (χ2n) is 2.39. The molecule has 1 atom stereocenters. The second kappa shape index (κ2) is 3.34. The molecule has 1 rings (SSSR count). The van der Waals surface area contributed by atoms with Gasteiger partial charge in [-0.2, -0.15) is 0 Å². The summed E-state index contributed by atoms with van der Waals surface area (Å²) in [5.41, 5.74) is 1.75. The lowest BCUT2D eigenvalue weighted by atomic mass is 10.1. The molecule has 0 saturated heterocycles.